The molecule has 0 radical (unpaired) electrons. The number of hydrogen-bond acceptors (Lipinski definition) is 1. The Balaban J connectivity index is 2.61. The van der Waals surface area contributed by atoms with E-state index in [2.05, 4.69) is 0 Å². The van der Waals surface area contributed by atoms with Crippen LogP contribution in [0.3, 0.4) is 0 Å². The van der Waals surface area contributed by atoms with Gasteiger partial charge < -0.3 is 4.42 Å². The van der Waals surface area contributed by atoms with Crippen molar-refractivity contribution in [2.24, 2.45) is 0 Å². The number of fused-ring (bicyclic) bond motifs is 3. The van der Waals surface area contributed by atoms with Crippen LogP contribution in [0.2, 0.25) is 20.1 Å². The molecule has 1 aromatic heterocycles. The van der Waals surface area contributed by atoms with Crippen LogP contribution < -0.4 is 0 Å². The van der Waals surface area contributed by atoms with Gasteiger partial charge in [-0.2, -0.15) is 0 Å². The highest BCUT2D eigenvalue weighted by Gasteiger charge is 2.16. The molecule has 5 heteroatoms. The Morgan fingerprint density at radius 2 is 1.65 bits per heavy atom. The standard InChI is InChI=1S/C12H4Cl4O/c13-5-1-2-6-9(3-5)17-12-8(15)4-7(14)11(16)10(6)12/h1-4H. The second-order valence-electron chi connectivity index (χ2n) is 3.60. The highest BCUT2D eigenvalue weighted by atomic mass is 35.5. The van der Waals surface area contributed by atoms with Crippen LogP contribution in [0.4, 0.5) is 0 Å². The van der Waals surface area contributed by atoms with E-state index in [1.165, 1.54) is 0 Å². The maximum absolute atomic E-state index is 6.17. The van der Waals surface area contributed by atoms with Gasteiger partial charge in [-0.15, -0.1) is 0 Å². The molecule has 0 saturated carbocycles. The van der Waals surface area contributed by atoms with Crippen molar-refractivity contribution in [3.8, 4) is 0 Å². The van der Waals surface area contributed by atoms with Crippen LogP contribution in [0.25, 0.3) is 21.9 Å². The van der Waals surface area contributed by atoms with Gasteiger partial charge >= 0.3 is 0 Å². The second kappa shape index (κ2) is 3.96. The largest absolute Gasteiger partial charge is 0.454 e. The van der Waals surface area contributed by atoms with Gasteiger partial charge in [0.25, 0.3) is 0 Å². The van der Waals surface area contributed by atoms with Crippen LogP contribution in [0.15, 0.2) is 28.7 Å². The van der Waals surface area contributed by atoms with Crippen LogP contribution in [-0.2, 0) is 0 Å². The Morgan fingerprint density at radius 1 is 0.882 bits per heavy atom. The molecule has 3 aromatic rings. The summed E-state index contributed by atoms with van der Waals surface area (Å²) in [6.45, 7) is 0. The first-order valence-electron chi connectivity index (χ1n) is 4.73. The molecule has 0 N–H and O–H groups in total. The van der Waals surface area contributed by atoms with Crippen molar-refractivity contribution < 1.29 is 4.42 Å². The SMILES string of the molecule is Clc1ccc2c(c1)oc1c(Cl)cc(Cl)c(Cl)c12. The molecule has 0 atom stereocenters. The summed E-state index contributed by atoms with van der Waals surface area (Å²) in [6.07, 6.45) is 0. The summed E-state index contributed by atoms with van der Waals surface area (Å²) in [6, 6.07) is 6.89. The van der Waals surface area contributed by atoms with Crippen LogP contribution in [0, 0.1) is 0 Å². The van der Waals surface area contributed by atoms with E-state index in [0.717, 1.165) is 10.8 Å². The lowest BCUT2D eigenvalue weighted by molar-refractivity contribution is 0.669. The van der Waals surface area contributed by atoms with E-state index in [-0.39, 0.29) is 0 Å². The molecule has 0 spiro atoms. The van der Waals surface area contributed by atoms with Gasteiger partial charge in [-0.1, -0.05) is 46.4 Å². The molecule has 0 unspecified atom stereocenters. The maximum Gasteiger partial charge on any atom is 0.155 e. The van der Waals surface area contributed by atoms with Crippen molar-refractivity contribution in [3.05, 3.63) is 44.4 Å². The highest BCUT2D eigenvalue weighted by Crippen LogP contribution is 2.42. The molecular formula is C12H4Cl4O. The van der Waals surface area contributed by atoms with Gasteiger partial charge in [0.2, 0.25) is 0 Å². The molecule has 0 aliphatic carbocycles. The first kappa shape index (κ1) is 11.5. The highest BCUT2D eigenvalue weighted by molar-refractivity contribution is 6.49. The third-order valence-corrected chi connectivity index (χ3v) is 3.85. The lowest BCUT2D eigenvalue weighted by atomic mass is 10.1. The van der Waals surface area contributed by atoms with Gasteiger partial charge in [0.1, 0.15) is 5.58 Å². The van der Waals surface area contributed by atoms with Crippen LogP contribution in [-0.4, -0.2) is 0 Å². The summed E-state index contributed by atoms with van der Waals surface area (Å²) >= 11 is 24.2. The zero-order valence-corrected chi connectivity index (χ0v) is 11.3. The summed E-state index contributed by atoms with van der Waals surface area (Å²) < 4.78 is 5.64. The average Bonchev–Trinajstić information content (AvgIpc) is 2.65. The van der Waals surface area contributed by atoms with Crippen molar-refractivity contribution in [2.75, 3.05) is 0 Å². The van der Waals surface area contributed by atoms with Crippen LogP contribution >= 0.6 is 46.4 Å². The summed E-state index contributed by atoms with van der Waals surface area (Å²) in [5, 5.41) is 3.43. The molecule has 86 valence electrons. The quantitative estimate of drug-likeness (QED) is 0.451. The molecule has 0 aliphatic heterocycles. The van der Waals surface area contributed by atoms with E-state index >= 15 is 0 Å². The lowest BCUT2D eigenvalue weighted by Gasteiger charge is -1.99. The van der Waals surface area contributed by atoms with E-state index in [9.17, 15) is 0 Å². The number of halogens is 4. The smallest absolute Gasteiger partial charge is 0.155 e. The molecule has 0 fully saturated rings. The molecule has 2 aromatic carbocycles. The zero-order chi connectivity index (χ0) is 12.2. The molecular weight excluding hydrogens is 302 g/mol. The third kappa shape index (κ3) is 1.69. The Bertz CT molecular complexity index is 745. The van der Waals surface area contributed by atoms with Crippen molar-refractivity contribution in [1.29, 1.82) is 0 Å². The fourth-order valence-corrected chi connectivity index (χ4v) is 2.72. The Morgan fingerprint density at radius 3 is 2.41 bits per heavy atom. The van der Waals surface area contributed by atoms with Crippen molar-refractivity contribution in [3.63, 3.8) is 0 Å². The van der Waals surface area contributed by atoms with Crippen LogP contribution in [0.5, 0.6) is 0 Å². The number of furan rings is 1. The van der Waals surface area contributed by atoms with Gasteiger partial charge in [0.15, 0.2) is 5.58 Å². The summed E-state index contributed by atoms with van der Waals surface area (Å²) in [4.78, 5) is 0. The molecule has 1 heterocycles. The Hall–Kier alpha value is -0.600. The minimum atomic E-state index is 0.404. The Labute approximate surface area is 117 Å². The van der Waals surface area contributed by atoms with E-state index in [1.807, 2.05) is 6.07 Å². The predicted molar refractivity (Wildman–Crippen MR) is 73.8 cm³/mol. The first-order valence-corrected chi connectivity index (χ1v) is 6.24. The lowest BCUT2D eigenvalue weighted by Crippen LogP contribution is -1.74. The second-order valence-corrected chi connectivity index (χ2v) is 5.23. The van der Waals surface area contributed by atoms with Gasteiger partial charge in [0.05, 0.1) is 15.1 Å². The fourth-order valence-electron chi connectivity index (χ4n) is 1.82. The summed E-state index contributed by atoms with van der Waals surface area (Å²) in [7, 11) is 0. The van der Waals surface area contributed by atoms with E-state index in [4.69, 9.17) is 50.8 Å². The molecule has 0 amide bonds. The number of benzene rings is 2. The van der Waals surface area contributed by atoms with Gasteiger partial charge in [-0.05, 0) is 18.2 Å². The summed E-state index contributed by atoms with van der Waals surface area (Å²) in [5.74, 6) is 0. The zero-order valence-electron chi connectivity index (χ0n) is 8.23. The third-order valence-electron chi connectivity index (χ3n) is 2.55. The van der Waals surface area contributed by atoms with Gasteiger partial charge in [-0.25, -0.2) is 0 Å². The topological polar surface area (TPSA) is 13.1 Å². The molecule has 0 saturated heterocycles. The first-order chi connectivity index (χ1) is 8.08. The van der Waals surface area contributed by atoms with E-state index in [0.29, 0.717) is 31.3 Å². The van der Waals surface area contributed by atoms with Crippen molar-refractivity contribution in [1.82, 2.24) is 0 Å². The average molecular weight is 306 g/mol. The molecule has 17 heavy (non-hydrogen) atoms. The fraction of sp³-hybridized carbons (Fsp3) is 0. The molecule has 1 nitrogen and oxygen atoms in total. The van der Waals surface area contributed by atoms with Gasteiger partial charge in [0, 0.05) is 21.9 Å². The van der Waals surface area contributed by atoms with Gasteiger partial charge in [-0.3, -0.25) is 0 Å². The molecule has 0 aliphatic rings. The van der Waals surface area contributed by atoms with E-state index < -0.39 is 0 Å². The van der Waals surface area contributed by atoms with Crippen molar-refractivity contribution in [2.45, 2.75) is 0 Å². The molecule has 3 rings (SSSR count). The van der Waals surface area contributed by atoms with E-state index in [1.54, 1.807) is 18.2 Å². The molecule has 0 bridgehead atoms. The van der Waals surface area contributed by atoms with Crippen LogP contribution in [0.1, 0.15) is 0 Å². The summed E-state index contributed by atoms with van der Waals surface area (Å²) in [5.41, 5.74) is 1.16. The predicted octanol–water partition coefficient (Wildman–Crippen LogP) is 6.20. The minimum absolute atomic E-state index is 0.404. The number of hydrogen-bond donors (Lipinski definition) is 0. The Kier molecular flexibility index (Phi) is 2.68. The number of rotatable bonds is 0. The minimum Gasteiger partial charge on any atom is -0.454 e. The monoisotopic (exact) mass is 304 g/mol. The maximum atomic E-state index is 6.17. The van der Waals surface area contributed by atoms with Crippen molar-refractivity contribution >= 4 is 68.3 Å². The normalized spacial score (nSPS) is 11.5.